The van der Waals surface area contributed by atoms with E-state index in [4.69, 9.17) is 0 Å². The molecule has 1 aromatic heterocycles. The molecule has 1 aliphatic rings. The first-order valence-electron chi connectivity index (χ1n) is 9.71. The summed E-state index contributed by atoms with van der Waals surface area (Å²) in [5.41, 5.74) is 1.43. The van der Waals surface area contributed by atoms with Crippen LogP contribution in [-0.4, -0.2) is 40.1 Å². The number of aromatic amines is 1. The first kappa shape index (κ1) is 19.4. The zero-order valence-electron chi connectivity index (χ0n) is 16.0. The monoisotopic (exact) mass is 368 g/mol. The zero-order valence-corrected chi connectivity index (χ0v) is 16.0. The Hall–Kier alpha value is -2.40. The normalized spacial score (nSPS) is 16.5. The predicted octanol–water partition coefficient (Wildman–Crippen LogP) is 3.30. The highest BCUT2D eigenvalue weighted by molar-refractivity contribution is 5.94. The SMILES string of the molecule is CC(C)C[C@@H](O)C1CCN(C(=O)c2ccc(-c3ccccc3)[nH]c2=O)CC1. The van der Waals surface area contributed by atoms with E-state index in [-0.39, 0.29) is 29.1 Å². The third kappa shape index (κ3) is 4.66. The Kier molecular flexibility index (Phi) is 6.11. The minimum absolute atomic E-state index is 0.177. The molecule has 1 aromatic carbocycles. The van der Waals surface area contributed by atoms with Crippen LogP contribution in [0, 0.1) is 11.8 Å². The molecule has 2 heterocycles. The summed E-state index contributed by atoms with van der Waals surface area (Å²) in [5, 5.41) is 10.3. The van der Waals surface area contributed by atoms with E-state index in [0.717, 1.165) is 24.8 Å². The number of carbonyl (C=O) groups excluding carboxylic acids is 1. The van der Waals surface area contributed by atoms with Gasteiger partial charge in [0.25, 0.3) is 11.5 Å². The van der Waals surface area contributed by atoms with Crippen LogP contribution in [0.4, 0.5) is 0 Å². The van der Waals surface area contributed by atoms with Gasteiger partial charge in [-0.15, -0.1) is 0 Å². The summed E-state index contributed by atoms with van der Waals surface area (Å²) < 4.78 is 0. The fraction of sp³-hybridized carbons (Fsp3) is 0.455. The van der Waals surface area contributed by atoms with Gasteiger partial charge in [0, 0.05) is 18.8 Å². The van der Waals surface area contributed by atoms with E-state index in [1.54, 1.807) is 17.0 Å². The zero-order chi connectivity index (χ0) is 19.4. The fourth-order valence-corrected chi connectivity index (χ4v) is 3.76. The molecule has 0 spiro atoms. The first-order valence-corrected chi connectivity index (χ1v) is 9.71. The minimum Gasteiger partial charge on any atom is -0.393 e. The molecule has 2 N–H and O–H groups in total. The summed E-state index contributed by atoms with van der Waals surface area (Å²) in [6.45, 7) is 5.37. The van der Waals surface area contributed by atoms with E-state index in [0.29, 0.717) is 24.7 Å². The predicted molar refractivity (Wildman–Crippen MR) is 107 cm³/mol. The second-order valence-corrected chi connectivity index (χ2v) is 7.81. The molecule has 1 atom stereocenters. The number of benzene rings is 1. The van der Waals surface area contributed by atoms with Crippen LogP contribution >= 0.6 is 0 Å². The molecule has 5 nitrogen and oxygen atoms in total. The Morgan fingerprint density at radius 2 is 1.81 bits per heavy atom. The highest BCUT2D eigenvalue weighted by atomic mass is 16.3. The Morgan fingerprint density at radius 1 is 1.15 bits per heavy atom. The lowest BCUT2D eigenvalue weighted by molar-refractivity contribution is 0.0384. The smallest absolute Gasteiger partial charge is 0.261 e. The molecule has 144 valence electrons. The molecule has 0 radical (unpaired) electrons. The fourth-order valence-electron chi connectivity index (χ4n) is 3.76. The van der Waals surface area contributed by atoms with Crippen molar-refractivity contribution in [1.82, 2.24) is 9.88 Å². The highest BCUT2D eigenvalue weighted by Gasteiger charge is 2.29. The molecule has 1 amide bonds. The minimum atomic E-state index is -0.358. The number of nitrogens with one attached hydrogen (secondary N) is 1. The number of rotatable bonds is 5. The lowest BCUT2D eigenvalue weighted by Crippen LogP contribution is -2.43. The summed E-state index contributed by atoms with van der Waals surface area (Å²) in [7, 11) is 0. The van der Waals surface area contributed by atoms with Crippen LogP contribution in [0.3, 0.4) is 0 Å². The van der Waals surface area contributed by atoms with Crippen molar-refractivity contribution in [3.63, 3.8) is 0 Å². The van der Waals surface area contributed by atoms with Crippen LogP contribution in [-0.2, 0) is 0 Å². The average molecular weight is 368 g/mol. The van der Waals surface area contributed by atoms with E-state index in [9.17, 15) is 14.7 Å². The average Bonchev–Trinajstić information content (AvgIpc) is 2.67. The van der Waals surface area contributed by atoms with E-state index < -0.39 is 0 Å². The van der Waals surface area contributed by atoms with Crippen LogP contribution in [0.1, 0.15) is 43.5 Å². The summed E-state index contributed by atoms with van der Waals surface area (Å²) in [6, 6.07) is 13.0. The number of likely N-dealkylation sites (tertiary alicyclic amines) is 1. The van der Waals surface area contributed by atoms with E-state index in [1.165, 1.54) is 0 Å². The van der Waals surface area contributed by atoms with E-state index in [1.807, 2.05) is 30.3 Å². The van der Waals surface area contributed by atoms with Crippen LogP contribution in [0.5, 0.6) is 0 Å². The van der Waals surface area contributed by atoms with Crippen molar-refractivity contribution in [3.8, 4) is 11.3 Å². The maximum absolute atomic E-state index is 12.8. The van der Waals surface area contributed by atoms with Gasteiger partial charge in [0.15, 0.2) is 0 Å². The van der Waals surface area contributed by atoms with Gasteiger partial charge in [-0.1, -0.05) is 44.2 Å². The van der Waals surface area contributed by atoms with Gasteiger partial charge in [-0.05, 0) is 48.8 Å². The van der Waals surface area contributed by atoms with Crippen LogP contribution in [0.15, 0.2) is 47.3 Å². The molecule has 3 rings (SSSR count). The number of aliphatic hydroxyl groups is 1. The number of piperidine rings is 1. The summed E-state index contributed by atoms with van der Waals surface area (Å²) >= 11 is 0. The van der Waals surface area contributed by atoms with Gasteiger partial charge in [-0.3, -0.25) is 9.59 Å². The Labute approximate surface area is 160 Å². The van der Waals surface area contributed by atoms with Crippen LogP contribution in [0.25, 0.3) is 11.3 Å². The molecule has 2 aromatic rings. The number of hydrogen-bond donors (Lipinski definition) is 2. The third-order valence-electron chi connectivity index (χ3n) is 5.31. The molecular formula is C22H28N2O3. The van der Waals surface area contributed by atoms with Gasteiger partial charge in [-0.2, -0.15) is 0 Å². The van der Waals surface area contributed by atoms with Crippen molar-refractivity contribution in [2.75, 3.05) is 13.1 Å². The third-order valence-corrected chi connectivity index (χ3v) is 5.31. The summed E-state index contributed by atoms with van der Waals surface area (Å²) in [4.78, 5) is 29.8. The molecule has 5 heteroatoms. The van der Waals surface area contributed by atoms with E-state index >= 15 is 0 Å². The molecule has 0 unspecified atom stereocenters. The molecule has 0 saturated carbocycles. The van der Waals surface area contributed by atoms with Crippen molar-refractivity contribution >= 4 is 5.91 Å². The molecule has 1 saturated heterocycles. The van der Waals surface area contributed by atoms with Crippen molar-refractivity contribution in [2.24, 2.45) is 11.8 Å². The number of nitrogens with zero attached hydrogens (tertiary/aromatic N) is 1. The largest absolute Gasteiger partial charge is 0.393 e. The number of H-pyrrole nitrogens is 1. The maximum atomic E-state index is 12.8. The standard InChI is InChI=1S/C22H28N2O3/c1-15(2)14-20(25)17-10-12-24(13-11-17)22(27)18-8-9-19(23-21(18)26)16-6-4-3-5-7-16/h3-9,15,17,20,25H,10-14H2,1-2H3,(H,23,26)/t20-/m1/s1. The second kappa shape index (κ2) is 8.53. The van der Waals surface area contributed by atoms with Gasteiger partial charge < -0.3 is 15.0 Å². The highest BCUT2D eigenvalue weighted by Crippen LogP contribution is 2.25. The van der Waals surface area contributed by atoms with Crippen molar-refractivity contribution in [1.29, 1.82) is 0 Å². The lowest BCUT2D eigenvalue weighted by atomic mass is 9.87. The van der Waals surface area contributed by atoms with Crippen molar-refractivity contribution in [3.05, 3.63) is 58.4 Å². The number of amides is 1. The van der Waals surface area contributed by atoms with Gasteiger partial charge >= 0.3 is 0 Å². The van der Waals surface area contributed by atoms with E-state index in [2.05, 4.69) is 18.8 Å². The number of carbonyl (C=O) groups is 1. The summed E-state index contributed by atoms with van der Waals surface area (Å²) in [5.74, 6) is 0.462. The molecule has 1 fully saturated rings. The second-order valence-electron chi connectivity index (χ2n) is 7.81. The van der Waals surface area contributed by atoms with Gasteiger partial charge in [0.1, 0.15) is 5.56 Å². The van der Waals surface area contributed by atoms with Gasteiger partial charge in [0.05, 0.1) is 6.10 Å². The Bertz CT molecular complexity index is 821. The quantitative estimate of drug-likeness (QED) is 0.850. The Balaban J connectivity index is 1.66. The molecule has 27 heavy (non-hydrogen) atoms. The first-order chi connectivity index (χ1) is 13.0. The molecule has 0 bridgehead atoms. The number of hydrogen-bond acceptors (Lipinski definition) is 3. The van der Waals surface area contributed by atoms with Crippen LogP contribution in [0.2, 0.25) is 0 Å². The summed E-state index contributed by atoms with van der Waals surface area (Å²) in [6.07, 6.45) is 2.04. The topological polar surface area (TPSA) is 73.4 Å². The molecule has 1 aliphatic heterocycles. The molecular weight excluding hydrogens is 340 g/mol. The van der Waals surface area contributed by atoms with Crippen LogP contribution < -0.4 is 5.56 Å². The van der Waals surface area contributed by atoms with Crippen molar-refractivity contribution in [2.45, 2.75) is 39.2 Å². The number of aromatic nitrogens is 1. The maximum Gasteiger partial charge on any atom is 0.261 e. The van der Waals surface area contributed by atoms with Gasteiger partial charge in [-0.25, -0.2) is 0 Å². The van der Waals surface area contributed by atoms with Gasteiger partial charge in [0.2, 0.25) is 0 Å². The number of pyridine rings is 1. The number of aliphatic hydroxyl groups excluding tert-OH is 1. The molecule has 0 aliphatic carbocycles. The lowest BCUT2D eigenvalue weighted by Gasteiger charge is -2.34. The van der Waals surface area contributed by atoms with Crippen molar-refractivity contribution < 1.29 is 9.90 Å². The Morgan fingerprint density at radius 3 is 2.41 bits per heavy atom.